The van der Waals surface area contributed by atoms with Crippen molar-refractivity contribution in [1.29, 1.82) is 0 Å². The first kappa shape index (κ1) is 32.0. The molecule has 8 heteroatoms. The number of esters is 1. The number of carbonyl (C=O) groups excluding carboxylic acids is 3. The fourth-order valence-corrected chi connectivity index (χ4v) is 7.50. The monoisotopic (exact) mass is 580 g/mol. The van der Waals surface area contributed by atoms with Crippen LogP contribution in [0.25, 0.3) is 0 Å². The molecule has 8 nitrogen and oxygen atoms in total. The molecule has 1 aromatic rings. The number of aliphatic hydroxyl groups is 1. The van der Waals surface area contributed by atoms with Crippen molar-refractivity contribution in [1.82, 2.24) is 4.90 Å². The molecule has 3 aliphatic heterocycles. The molecule has 0 radical (unpaired) electrons. The summed E-state index contributed by atoms with van der Waals surface area (Å²) in [4.78, 5) is 46.1. The fraction of sp³-hybridized carbons (Fsp3) is 0.618. The van der Waals surface area contributed by atoms with Gasteiger partial charge in [0.1, 0.15) is 17.6 Å². The van der Waals surface area contributed by atoms with Gasteiger partial charge in [-0.1, -0.05) is 43.2 Å². The van der Waals surface area contributed by atoms with Gasteiger partial charge in [0.15, 0.2) is 0 Å². The molecule has 0 aromatic heterocycles. The number of hydrogen-bond donors (Lipinski definition) is 1. The molecule has 5 atom stereocenters. The predicted octanol–water partition coefficient (Wildman–Crippen LogP) is 5.04. The van der Waals surface area contributed by atoms with Crippen LogP contribution >= 0.6 is 0 Å². The lowest BCUT2D eigenvalue weighted by molar-refractivity contribution is -0.159. The number of carbonyl (C=O) groups is 3. The van der Waals surface area contributed by atoms with Crippen LogP contribution in [-0.4, -0.2) is 71.3 Å². The van der Waals surface area contributed by atoms with E-state index >= 15 is 0 Å². The number of benzene rings is 1. The number of hydrogen-bond acceptors (Lipinski definition) is 6. The van der Waals surface area contributed by atoms with Gasteiger partial charge in [-0.05, 0) is 76.8 Å². The Labute approximate surface area is 250 Å². The van der Waals surface area contributed by atoms with Crippen LogP contribution < -0.4 is 4.90 Å². The Morgan fingerprint density at radius 3 is 2.48 bits per heavy atom. The van der Waals surface area contributed by atoms with Crippen molar-refractivity contribution < 1.29 is 29.0 Å². The van der Waals surface area contributed by atoms with E-state index in [1.807, 2.05) is 45.0 Å². The van der Waals surface area contributed by atoms with E-state index in [0.717, 1.165) is 48.9 Å². The normalized spacial score (nSPS) is 27.7. The van der Waals surface area contributed by atoms with Crippen LogP contribution in [0.2, 0.25) is 0 Å². The number of aliphatic hydroxyl groups excluding tert-OH is 1. The minimum atomic E-state index is -1.10. The SMILES string of the molecule is C=CCCCCOC(=O)[C@@H]1[C@H]2C(=O)N(CCCCCCO)C(C(=O)N(CC=C)c3c(C)cccc3C)C23CC[C@@]1(C)O3. The van der Waals surface area contributed by atoms with Crippen LogP contribution in [0.15, 0.2) is 43.5 Å². The van der Waals surface area contributed by atoms with Crippen molar-refractivity contribution in [2.24, 2.45) is 11.8 Å². The third-order valence-corrected chi connectivity index (χ3v) is 9.41. The molecular weight excluding hydrogens is 532 g/mol. The molecule has 1 aromatic carbocycles. The van der Waals surface area contributed by atoms with Gasteiger partial charge in [0.25, 0.3) is 5.91 Å². The summed E-state index contributed by atoms with van der Waals surface area (Å²) in [5.74, 6) is -2.36. The van der Waals surface area contributed by atoms with Crippen LogP contribution in [0.1, 0.15) is 75.8 Å². The van der Waals surface area contributed by atoms with E-state index in [0.29, 0.717) is 32.2 Å². The summed E-state index contributed by atoms with van der Waals surface area (Å²) in [6, 6.07) is 5.06. The molecule has 1 spiro atoms. The summed E-state index contributed by atoms with van der Waals surface area (Å²) in [7, 11) is 0. The maximum Gasteiger partial charge on any atom is 0.312 e. The summed E-state index contributed by atoms with van der Waals surface area (Å²) in [6.07, 6.45) is 10.2. The Balaban J connectivity index is 1.69. The number of para-hydroxylation sites is 1. The standard InChI is InChI=1S/C34H48N2O6/c1-6-8-9-14-23-41-32(40)27-26-30(38)36(21-12-10-11-13-22-37)29(34(26)19-18-33(27,5)42-34)31(39)35(20-7-2)28-24(3)16-15-17-25(28)4/h6-7,15-17,26-27,29,37H,1-2,8-14,18-23H2,3-5H3/t26-,27-,29?,33+,34?/m0/s1. The van der Waals surface area contributed by atoms with Gasteiger partial charge in [-0.15, -0.1) is 13.2 Å². The van der Waals surface area contributed by atoms with E-state index in [1.165, 1.54) is 0 Å². The van der Waals surface area contributed by atoms with Crippen LogP contribution in [0, 0.1) is 25.7 Å². The number of anilines is 1. The topological polar surface area (TPSA) is 96.4 Å². The fourth-order valence-electron chi connectivity index (χ4n) is 7.50. The Morgan fingerprint density at radius 1 is 1.10 bits per heavy atom. The van der Waals surface area contributed by atoms with Crippen molar-refractivity contribution in [3.63, 3.8) is 0 Å². The van der Waals surface area contributed by atoms with Gasteiger partial charge >= 0.3 is 5.97 Å². The molecule has 42 heavy (non-hydrogen) atoms. The lowest BCUT2D eigenvalue weighted by Gasteiger charge is -2.37. The summed E-state index contributed by atoms with van der Waals surface area (Å²) < 4.78 is 12.5. The van der Waals surface area contributed by atoms with Gasteiger partial charge in [0.2, 0.25) is 5.91 Å². The molecule has 4 rings (SSSR count). The van der Waals surface area contributed by atoms with E-state index in [9.17, 15) is 19.5 Å². The Morgan fingerprint density at radius 2 is 1.81 bits per heavy atom. The van der Waals surface area contributed by atoms with Gasteiger partial charge in [-0.3, -0.25) is 14.4 Å². The molecular formula is C34H48N2O6. The largest absolute Gasteiger partial charge is 0.465 e. The lowest BCUT2D eigenvalue weighted by atomic mass is 9.66. The molecule has 3 heterocycles. The molecule has 0 aliphatic carbocycles. The molecule has 2 amide bonds. The molecule has 0 saturated carbocycles. The van der Waals surface area contributed by atoms with Crippen LogP contribution in [-0.2, 0) is 23.9 Å². The highest BCUT2D eigenvalue weighted by molar-refractivity contribution is 6.05. The second-order valence-corrected chi connectivity index (χ2v) is 12.3. The quantitative estimate of drug-likeness (QED) is 0.167. The van der Waals surface area contributed by atoms with E-state index in [4.69, 9.17) is 9.47 Å². The molecule has 3 fully saturated rings. The third kappa shape index (κ3) is 5.80. The first-order valence-electron chi connectivity index (χ1n) is 15.5. The molecule has 1 N–H and O–H groups in total. The van der Waals surface area contributed by atoms with Gasteiger partial charge < -0.3 is 24.4 Å². The number of nitrogens with zero attached hydrogens (tertiary/aromatic N) is 2. The zero-order chi connectivity index (χ0) is 30.5. The second kappa shape index (κ2) is 13.6. The van der Waals surface area contributed by atoms with Crippen molar-refractivity contribution in [3.8, 4) is 0 Å². The molecule has 3 aliphatic rings. The Bertz CT molecular complexity index is 1160. The number of likely N-dealkylation sites (tertiary alicyclic amines) is 1. The highest BCUT2D eigenvalue weighted by Crippen LogP contribution is 2.63. The number of allylic oxidation sites excluding steroid dienone is 1. The van der Waals surface area contributed by atoms with E-state index in [2.05, 4.69) is 13.2 Å². The minimum Gasteiger partial charge on any atom is -0.465 e. The van der Waals surface area contributed by atoms with E-state index < -0.39 is 35.0 Å². The van der Waals surface area contributed by atoms with Crippen molar-refractivity contribution >= 4 is 23.5 Å². The van der Waals surface area contributed by atoms with Crippen LogP contribution in [0.5, 0.6) is 0 Å². The molecule has 2 bridgehead atoms. The van der Waals surface area contributed by atoms with Crippen molar-refractivity contribution in [2.75, 3.05) is 31.2 Å². The lowest BCUT2D eigenvalue weighted by Crippen LogP contribution is -2.56. The molecule has 230 valence electrons. The van der Waals surface area contributed by atoms with E-state index in [-0.39, 0.29) is 31.6 Å². The summed E-state index contributed by atoms with van der Waals surface area (Å²) in [6.45, 7) is 14.6. The van der Waals surface area contributed by atoms with Crippen LogP contribution in [0.3, 0.4) is 0 Å². The highest BCUT2D eigenvalue weighted by atomic mass is 16.6. The molecule has 3 saturated heterocycles. The van der Waals surface area contributed by atoms with Crippen molar-refractivity contribution in [3.05, 3.63) is 54.6 Å². The predicted molar refractivity (Wildman–Crippen MR) is 163 cm³/mol. The summed E-state index contributed by atoms with van der Waals surface area (Å²) in [5.41, 5.74) is 0.760. The van der Waals surface area contributed by atoms with Gasteiger partial charge in [0, 0.05) is 25.4 Å². The second-order valence-electron chi connectivity index (χ2n) is 12.3. The van der Waals surface area contributed by atoms with E-state index in [1.54, 1.807) is 15.9 Å². The minimum absolute atomic E-state index is 0.130. The zero-order valence-corrected chi connectivity index (χ0v) is 25.6. The number of fused-ring (bicyclic) bond motifs is 1. The van der Waals surface area contributed by atoms with Gasteiger partial charge in [-0.25, -0.2) is 0 Å². The maximum atomic E-state index is 14.8. The summed E-state index contributed by atoms with van der Waals surface area (Å²) >= 11 is 0. The smallest absolute Gasteiger partial charge is 0.312 e. The van der Waals surface area contributed by atoms with Crippen LogP contribution in [0.4, 0.5) is 5.69 Å². The first-order chi connectivity index (χ1) is 20.2. The Kier molecular flexibility index (Phi) is 10.3. The summed E-state index contributed by atoms with van der Waals surface area (Å²) in [5, 5.41) is 9.20. The number of amides is 2. The number of rotatable bonds is 16. The first-order valence-corrected chi connectivity index (χ1v) is 15.5. The third-order valence-electron chi connectivity index (χ3n) is 9.41. The number of ether oxygens (including phenoxy) is 2. The Hall–Kier alpha value is -2.97. The zero-order valence-electron chi connectivity index (χ0n) is 25.6. The average molecular weight is 581 g/mol. The maximum absolute atomic E-state index is 14.8. The average Bonchev–Trinajstić information content (AvgIpc) is 3.52. The number of aryl methyl sites for hydroxylation is 2. The number of unbranched alkanes of at least 4 members (excludes halogenated alkanes) is 5. The molecule has 2 unspecified atom stereocenters. The van der Waals surface area contributed by atoms with Crippen molar-refractivity contribution in [2.45, 2.75) is 95.8 Å². The highest BCUT2D eigenvalue weighted by Gasteiger charge is 2.78. The van der Waals surface area contributed by atoms with Gasteiger partial charge in [0.05, 0.1) is 18.1 Å². The van der Waals surface area contributed by atoms with Gasteiger partial charge in [-0.2, -0.15) is 0 Å².